The van der Waals surface area contributed by atoms with Crippen molar-refractivity contribution >= 4 is 27.8 Å². The van der Waals surface area contributed by atoms with Crippen LogP contribution in [0.5, 0.6) is 0 Å². The molecule has 2 unspecified atom stereocenters. The zero-order valence-corrected chi connectivity index (χ0v) is 11.9. The molecular weight excluding hydrogens is 274 g/mol. The molecule has 2 fully saturated rings. The first kappa shape index (κ1) is 14.1. The third kappa shape index (κ3) is 2.83. The Kier molecular flexibility index (Phi) is 4.55. The molecule has 0 amide bonds. The maximum Gasteiger partial charge on any atom is 0.307 e. The highest BCUT2D eigenvalue weighted by molar-refractivity contribution is 7.99. The van der Waals surface area contributed by atoms with Crippen molar-refractivity contribution in [3.8, 4) is 0 Å². The molecule has 7 heteroatoms. The third-order valence-electron chi connectivity index (χ3n) is 3.69. The van der Waals surface area contributed by atoms with Gasteiger partial charge in [0.25, 0.3) is 0 Å². The van der Waals surface area contributed by atoms with Crippen LogP contribution in [0, 0.1) is 5.92 Å². The lowest BCUT2D eigenvalue weighted by atomic mass is 10.1. The van der Waals surface area contributed by atoms with Crippen LogP contribution in [0.3, 0.4) is 0 Å². The fraction of sp³-hybridized carbons (Fsp3) is 0.909. The van der Waals surface area contributed by atoms with Crippen molar-refractivity contribution in [3.05, 3.63) is 0 Å². The van der Waals surface area contributed by atoms with E-state index in [4.69, 9.17) is 5.11 Å². The summed E-state index contributed by atoms with van der Waals surface area (Å²) in [6, 6.07) is 0. The molecule has 0 spiro atoms. The minimum atomic E-state index is -3.44. The molecule has 1 saturated carbocycles. The number of thioether (sulfide) groups is 1. The molecule has 1 aliphatic heterocycles. The Labute approximate surface area is 112 Å². The van der Waals surface area contributed by atoms with Gasteiger partial charge in [-0.05, 0) is 25.0 Å². The van der Waals surface area contributed by atoms with E-state index in [0.717, 1.165) is 17.9 Å². The molecule has 0 aromatic carbocycles. The van der Waals surface area contributed by atoms with E-state index in [1.807, 2.05) is 0 Å². The van der Waals surface area contributed by atoms with E-state index in [2.05, 4.69) is 0 Å². The van der Waals surface area contributed by atoms with Crippen LogP contribution in [0.25, 0.3) is 0 Å². The number of carboxylic acids is 1. The number of sulfonamides is 1. The number of carboxylic acid groups (broad SMARTS) is 1. The second-order valence-corrected chi connectivity index (χ2v) is 8.20. The lowest BCUT2D eigenvalue weighted by molar-refractivity contribution is -0.141. The maximum atomic E-state index is 12.5. The van der Waals surface area contributed by atoms with Crippen LogP contribution < -0.4 is 0 Å². The molecule has 1 heterocycles. The molecule has 1 saturated heterocycles. The van der Waals surface area contributed by atoms with E-state index in [-0.39, 0.29) is 0 Å². The van der Waals surface area contributed by atoms with Gasteiger partial charge >= 0.3 is 5.97 Å². The molecular formula is C11H19NO4S2. The quantitative estimate of drug-likeness (QED) is 0.840. The summed E-state index contributed by atoms with van der Waals surface area (Å²) in [6.45, 7) is 1.06. The second-order valence-electron chi connectivity index (χ2n) is 4.82. The van der Waals surface area contributed by atoms with Crippen LogP contribution in [0.4, 0.5) is 0 Å². The number of nitrogens with zero attached hydrogens (tertiary/aromatic N) is 1. The molecule has 1 N–H and O–H groups in total. The van der Waals surface area contributed by atoms with Gasteiger partial charge in [-0.2, -0.15) is 11.8 Å². The Hall–Kier alpha value is -0.270. The lowest BCUT2D eigenvalue weighted by Gasteiger charge is -2.25. The molecule has 2 aliphatic rings. The monoisotopic (exact) mass is 293 g/mol. The fourth-order valence-corrected chi connectivity index (χ4v) is 5.98. The largest absolute Gasteiger partial charge is 0.481 e. The number of carbonyl (C=O) groups is 1. The zero-order valence-electron chi connectivity index (χ0n) is 10.2. The van der Waals surface area contributed by atoms with Crippen LogP contribution in [-0.4, -0.2) is 53.6 Å². The maximum absolute atomic E-state index is 12.5. The SMILES string of the molecule is O=C(O)C1CCCC1S(=O)(=O)N1CCCSCC1. The first-order chi connectivity index (χ1) is 8.53. The van der Waals surface area contributed by atoms with Gasteiger partial charge in [0.05, 0.1) is 11.2 Å². The fourth-order valence-electron chi connectivity index (χ4n) is 2.73. The van der Waals surface area contributed by atoms with Crippen molar-refractivity contribution in [2.75, 3.05) is 24.6 Å². The van der Waals surface area contributed by atoms with E-state index in [1.54, 1.807) is 11.8 Å². The van der Waals surface area contributed by atoms with Gasteiger partial charge in [0, 0.05) is 18.8 Å². The van der Waals surface area contributed by atoms with E-state index >= 15 is 0 Å². The second kappa shape index (κ2) is 5.79. The molecule has 0 radical (unpaired) electrons. The smallest absolute Gasteiger partial charge is 0.307 e. The van der Waals surface area contributed by atoms with Gasteiger partial charge < -0.3 is 5.11 Å². The average Bonchev–Trinajstić information content (AvgIpc) is 2.65. The van der Waals surface area contributed by atoms with Crippen LogP contribution >= 0.6 is 11.8 Å². The van der Waals surface area contributed by atoms with Gasteiger partial charge in [-0.3, -0.25) is 4.79 Å². The van der Waals surface area contributed by atoms with Gasteiger partial charge in [-0.25, -0.2) is 12.7 Å². The summed E-state index contributed by atoms with van der Waals surface area (Å²) in [4.78, 5) is 11.1. The van der Waals surface area contributed by atoms with Gasteiger partial charge in [0.2, 0.25) is 10.0 Å². The van der Waals surface area contributed by atoms with Crippen molar-refractivity contribution < 1.29 is 18.3 Å². The highest BCUT2D eigenvalue weighted by atomic mass is 32.2. The van der Waals surface area contributed by atoms with Crippen LogP contribution in [0.15, 0.2) is 0 Å². The summed E-state index contributed by atoms with van der Waals surface area (Å²) < 4.78 is 26.5. The summed E-state index contributed by atoms with van der Waals surface area (Å²) in [6.07, 6.45) is 2.53. The summed E-state index contributed by atoms with van der Waals surface area (Å²) in [5.41, 5.74) is 0. The summed E-state index contributed by atoms with van der Waals surface area (Å²) in [5, 5.41) is 8.40. The van der Waals surface area contributed by atoms with Gasteiger partial charge in [0.1, 0.15) is 0 Å². The highest BCUT2D eigenvalue weighted by Gasteiger charge is 2.44. The van der Waals surface area contributed by atoms with Crippen molar-refractivity contribution in [2.45, 2.75) is 30.9 Å². The van der Waals surface area contributed by atoms with Gasteiger partial charge in [-0.15, -0.1) is 0 Å². The standard InChI is InChI=1S/C11H19NO4S2/c13-11(14)9-3-1-4-10(9)18(15,16)12-5-2-7-17-8-6-12/h9-10H,1-8H2,(H,13,14). The molecule has 0 aromatic rings. The first-order valence-corrected chi connectivity index (χ1v) is 8.99. The number of rotatable bonds is 3. The molecule has 2 atom stereocenters. The predicted molar refractivity (Wildman–Crippen MR) is 71.2 cm³/mol. The molecule has 0 bridgehead atoms. The lowest BCUT2D eigenvalue weighted by Crippen LogP contribution is -2.43. The van der Waals surface area contributed by atoms with Crippen molar-refractivity contribution in [1.29, 1.82) is 0 Å². The highest BCUT2D eigenvalue weighted by Crippen LogP contribution is 2.33. The number of aliphatic carboxylic acids is 1. The van der Waals surface area contributed by atoms with E-state index in [0.29, 0.717) is 32.4 Å². The normalized spacial score (nSPS) is 31.1. The molecule has 104 valence electrons. The summed E-state index contributed by atoms with van der Waals surface area (Å²) in [7, 11) is -3.44. The minimum absolute atomic E-state index is 0.488. The Balaban J connectivity index is 2.16. The molecule has 2 rings (SSSR count). The molecule has 1 aliphatic carbocycles. The molecule has 5 nitrogen and oxygen atoms in total. The predicted octanol–water partition coefficient (Wildman–Crippen LogP) is 1.01. The number of hydrogen-bond donors (Lipinski definition) is 1. The van der Waals surface area contributed by atoms with Crippen LogP contribution in [0.1, 0.15) is 25.7 Å². The van der Waals surface area contributed by atoms with E-state index < -0.39 is 27.2 Å². The average molecular weight is 293 g/mol. The van der Waals surface area contributed by atoms with E-state index in [1.165, 1.54) is 4.31 Å². The topological polar surface area (TPSA) is 74.7 Å². The Morgan fingerprint density at radius 3 is 2.67 bits per heavy atom. The summed E-state index contributed by atoms with van der Waals surface area (Å²) >= 11 is 1.76. The Morgan fingerprint density at radius 2 is 1.94 bits per heavy atom. The molecule has 18 heavy (non-hydrogen) atoms. The van der Waals surface area contributed by atoms with Crippen LogP contribution in [-0.2, 0) is 14.8 Å². The molecule has 0 aromatic heterocycles. The van der Waals surface area contributed by atoms with Crippen LogP contribution in [0.2, 0.25) is 0 Å². The van der Waals surface area contributed by atoms with Crippen molar-refractivity contribution in [2.24, 2.45) is 5.92 Å². The minimum Gasteiger partial charge on any atom is -0.481 e. The van der Waals surface area contributed by atoms with Crippen molar-refractivity contribution in [3.63, 3.8) is 0 Å². The Bertz CT molecular complexity index is 401. The Morgan fingerprint density at radius 1 is 1.17 bits per heavy atom. The van der Waals surface area contributed by atoms with E-state index in [9.17, 15) is 13.2 Å². The van der Waals surface area contributed by atoms with Crippen molar-refractivity contribution in [1.82, 2.24) is 4.31 Å². The third-order valence-corrected chi connectivity index (χ3v) is 7.16. The van der Waals surface area contributed by atoms with Gasteiger partial charge in [-0.1, -0.05) is 6.42 Å². The number of hydrogen-bond acceptors (Lipinski definition) is 4. The zero-order chi connectivity index (χ0) is 13.2. The summed E-state index contributed by atoms with van der Waals surface area (Å²) in [5.74, 6) is 0.110. The van der Waals surface area contributed by atoms with Gasteiger partial charge in [0.15, 0.2) is 0 Å². The first-order valence-electron chi connectivity index (χ1n) is 6.33.